The lowest BCUT2D eigenvalue weighted by atomic mass is 10.0. The van der Waals surface area contributed by atoms with Crippen molar-refractivity contribution in [2.24, 2.45) is 0 Å². The fraction of sp³-hybridized carbons (Fsp3) is 0.286. The molecule has 0 aromatic heterocycles. The molecule has 37 heavy (non-hydrogen) atoms. The summed E-state index contributed by atoms with van der Waals surface area (Å²) < 4.78 is 27.3. The Morgan fingerprint density at radius 3 is 2.05 bits per heavy atom. The number of benzene rings is 3. The second-order valence-electron chi connectivity index (χ2n) is 9.13. The van der Waals surface area contributed by atoms with Crippen molar-refractivity contribution in [3.63, 3.8) is 0 Å². The lowest BCUT2D eigenvalue weighted by Gasteiger charge is -2.34. The van der Waals surface area contributed by atoms with Crippen molar-refractivity contribution in [2.45, 2.75) is 38.9 Å². The topological polar surface area (TPSA) is 86.8 Å². The molecule has 7 nitrogen and oxygen atoms in total. The highest BCUT2D eigenvalue weighted by Crippen LogP contribution is 2.21. The summed E-state index contributed by atoms with van der Waals surface area (Å²) in [6.45, 7) is 3.42. The fourth-order valence-electron chi connectivity index (χ4n) is 3.97. The molecule has 0 saturated heterocycles. The van der Waals surface area contributed by atoms with Crippen LogP contribution in [0.3, 0.4) is 0 Å². The molecule has 0 fully saturated rings. The Bertz CT molecular complexity index is 1300. The number of nitrogens with one attached hydrogen (secondary N) is 1. The maximum Gasteiger partial charge on any atom is 0.244 e. The summed E-state index contributed by atoms with van der Waals surface area (Å²) in [5, 5.41) is 2.94. The normalized spacial score (nSPS) is 12.1. The molecule has 0 aliphatic carbocycles. The third-order valence-corrected chi connectivity index (χ3v) is 7.30. The number of carbonyl (C=O) groups is 2. The van der Waals surface area contributed by atoms with Crippen molar-refractivity contribution in [2.75, 3.05) is 17.1 Å². The lowest BCUT2D eigenvalue weighted by molar-refractivity contribution is -0.140. The molecule has 1 N–H and O–H groups in total. The highest BCUT2D eigenvalue weighted by Gasteiger charge is 2.33. The average molecular weight is 587 g/mol. The number of hydrogen-bond acceptors (Lipinski definition) is 4. The summed E-state index contributed by atoms with van der Waals surface area (Å²) >= 11 is 3.47. The van der Waals surface area contributed by atoms with Crippen LogP contribution in [0.2, 0.25) is 0 Å². The number of anilines is 1. The number of carbonyl (C=O) groups excluding carboxylic acids is 2. The van der Waals surface area contributed by atoms with Crippen LogP contribution in [0.15, 0.2) is 89.4 Å². The summed E-state index contributed by atoms with van der Waals surface area (Å²) in [5.41, 5.74) is 2.08. The van der Waals surface area contributed by atoms with Crippen LogP contribution in [0.25, 0.3) is 0 Å². The van der Waals surface area contributed by atoms with E-state index in [4.69, 9.17) is 0 Å². The third-order valence-electron chi connectivity index (χ3n) is 5.67. The van der Waals surface area contributed by atoms with E-state index in [9.17, 15) is 18.0 Å². The van der Waals surface area contributed by atoms with Gasteiger partial charge in [0.15, 0.2) is 0 Å². The first kappa shape index (κ1) is 28.4. The molecular formula is C28H32BrN3O4S. The first-order chi connectivity index (χ1) is 17.5. The summed E-state index contributed by atoms with van der Waals surface area (Å²) in [6.07, 6.45) is 1.35. The van der Waals surface area contributed by atoms with Gasteiger partial charge in [0.05, 0.1) is 11.9 Å². The van der Waals surface area contributed by atoms with E-state index >= 15 is 0 Å². The van der Waals surface area contributed by atoms with Crippen LogP contribution in [0, 0.1) is 0 Å². The van der Waals surface area contributed by atoms with E-state index in [-0.39, 0.29) is 24.9 Å². The first-order valence-electron chi connectivity index (χ1n) is 12.0. The Labute approximate surface area is 227 Å². The van der Waals surface area contributed by atoms with Gasteiger partial charge >= 0.3 is 0 Å². The van der Waals surface area contributed by atoms with Crippen molar-refractivity contribution in [3.8, 4) is 0 Å². The zero-order chi connectivity index (χ0) is 27.0. The summed E-state index contributed by atoms with van der Waals surface area (Å²) in [6, 6.07) is 24.4. The molecule has 1 atom stereocenters. The van der Waals surface area contributed by atoms with Gasteiger partial charge in [0.1, 0.15) is 12.6 Å². The number of amides is 2. The Balaban J connectivity index is 2.04. The molecule has 3 aromatic carbocycles. The molecule has 0 saturated carbocycles. The average Bonchev–Trinajstić information content (AvgIpc) is 2.84. The van der Waals surface area contributed by atoms with Crippen molar-refractivity contribution in [1.29, 1.82) is 0 Å². The van der Waals surface area contributed by atoms with Gasteiger partial charge in [-0.1, -0.05) is 76.6 Å². The van der Waals surface area contributed by atoms with Crippen LogP contribution < -0.4 is 9.62 Å². The van der Waals surface area contributed by atoms with Crippen molar-refractivity contribution < 1.29 is 18.0 Å². The monoisotopic (exact) mass is 585 g/mol. The van der Waals surface area contributed by atoms with Crippen LogP contribution in [-0.2, 0) is 32.6 Å². The predicted octanol–water partition coefficient (Wildman–Crippen LogP) is 4.38. The van der Waals surface area contributed by atoms with Gasteiger partial charge in [0, 0.05) is 23.5 Å². The van der Waals surface area contributed by atoms with Gasteiger partial charge in [-0.2, -0.15) is 0 Å². The second kappa shape index (κ2) is 12.9. The highest BCUT2D eigenvalue weighted by atomic mass is 79.9. The lowest BCUT2D eigenvalue weighted by Crippen LogP contribution is -2.54. The van der Waals surface area contributed by atoms with Gasteiger partial charge in [-0.15, -0.1) is 0 Å². The fourth-order valence-corrected chi connectivity index (χ4v) is 5.27. The summed E-state index contributed by atoms with van der Waals surface area (Å²) in [4.78, 5) is 28.9. The van der Waals surface area contributed by atoms with Gasteiger partial charge in [-0.05, 0) is 49.2 Å². The van der Waals surface area contributed by atoms with Gasteiger partial charge < -0.3 is 10.2 Å². The zero-order valence-corrected chi connectivity index (χ0v) is 23.6. The maximum absolute atomic E-state index is 13.9. The van der Waals surface area contributed by atoms with Crippen molar-refractivity contribution in [1.82, 2.24) is 10.2 Å². The molecule has 1 unspecified atom stereocenters. The SMILES string of the molecule is CC(C)NC(=O)C(Cc1ccccc1)N(Cc1cccc(Br)c1)C(=O)CN(c1ccccc1)S(C)(=O)=O. The Kier molecular flexibility index (Phi) is 9.88. The van der Waals surface area contributed by atoms with Gasteiger partial charge in [-0.3, -0.25) is 13.9 Å². The number of hydrogen-bond donors (Lipinski definition) is 1. The minimum atomic E-state index is -3.77. The Morgan fingerprint density at radius 1 is 0.892 bits per heavy atom. The quantitative estimate of drug-likeness (QED) is 0.362. The summed E-state index contributed by atoms with van der Waals surface area (Å²) in [5.74, 6) is -0.776. The largest absolute Gasteiger partial charge is 0.352 e. The molecule has 0 spiro atoms. The number of halogens is 1. The molecule has 196 valence electrons. The molecule has 9 heteroatoms. The predicted molar refractivity (Wildman–Crippen MR) is 151 cm³/mol. The molecular weight excluding hydrogens is 554 g/mol. The first-order valence-corrected chi connectivity index (χ1v) is 14.6. The molecule has 3 rings (SSSR count). The number of rotatable bonds is 11. The Morgan fingerprint density at radius 2 is 1.49 bits per heavy atom. The van der Waals surface area contributed by atoms with E-state index in [1.165, 1.54) is 4.90 Å². The highest BCUT2D eigenvalue weighted by molar-refractivity contribution is 9.10. The smallest absolute Gasteiger partial charge is 0.244 e. The molecule has 3 aromatic rings. The molecule has 0 heterocycles. The third kappa shape index (κ3) is 8.43. The molecule has 0 radical (unpaired) electrons. The van der Waals surface area contributed by atoms with Crippen molar-refractivity contribution in [3.05, 3.63) is 101 Å². The second-order valence-corrected chi connectivity index (χ2v) is 11.9. The maximum atomic E-state index is 13.9. The van der Waals surface area contributed by atoms with E-state index in [0.717, 1.165) is 26.2 Å². The van der Waals surface area contributed by atoms with E-state index in [0.29, 0.717) is 5.69 Å². The van der Waals surface area contributed by atoms with Gasteiger partial charge in [-0.25, -0.2) is 8.42 Å². The standard InChI is InChI=1S/C28H32BrN3O4S/c1-21(2)30-28(34)26(18-22-11-6-4-7-12-22)31(19-23-13-10-14-24(29)17-23)27(33)20-32(37(3,35)36)25-15-8-5-9-16-25/h4-17,21,26H,18-20H2,1-3H3,(H,30,34). The van der Waals surface area contributed by atoms with Crippen LogP contribution in [0.4, 0.5) is 5.69 Å². The number of sulfonamides is 1. The van der Waals surface area contributed by atoms with Crippen LogP contribution in [0.1, 0.15) is 25.0 Å². The molecule has 2 amide bonds. The number of para-hydroxylation sites is 1. The van der Waals surface area contributed by atoms with E-state index in [1.807, 2.05) is 68.4 Å². The Hall–Kier alpha value is -3.17. The van der Waals surface area contributed by atoms with Crippen LogP contribution in [0.5, 0.6) is 0 Å². The van der Waals surface area contributed by atoms with Gasteiger partial charge in [0.2, 0.25) is 21.8 Å². The van der Waals surface area contributed by atoms with Crippen LogP contribution >= 0.6 is 15.9 Å². The minimum absolute atomic E-state index is 0.133. The van der Waals surface area contributed by atoms with Gasteiger partial charge in [0.25, 0.3) is 0 Å². The van der Waals surface area contributed by atoms with E-state index < -0.39 is 28.5 Å². The summed E-state index contributed by atoms with van der Waals surface area (Å²) in [7, 11) is -3.77. The van der Waals surface area contributed by atoms with E-state index in [1.54, 1.807) is 30.3 Å². The minimum Gasteiger partial charge on any atom is -0.352 e. The number of nitrogens with zero attached hydrogens (tertiary/aromatic N) is 2. The van der Waals surface area contributed by atoms with Crippen molar-refractivity contribution >= 4 is 43.5 Å². The molecule has 0 aliphatic rings. The van der Waals surface area contributed by atoms with Crippen LogP contribution in [-0.4, -0.2) is 50.0 Å². The molecule has 0 bridgehead atoms. The van der Waals surface area contributed by atoms with E-state index in [2.05, 4.69) is 21.2 Å². The molecule has 0 aliphatic heterocycles. The zero-order valence-electron chi connectivity index (χ0n) is 21.2.